The molecule has 3 heteroatoms. The standard InChI is InChI=1S/C11H14BrNO/c12-10-4-2-1-3-8(10)9-5-6-13-11(9)7-14/h1-4,9,11,13-14H,5-7H2/t9-,11-/m1/s1. The van der Waals surface area contributed by atoms with Crippen molar-refractivity contribution in [3.05, 3.63) is 34.3 Å². The highest BCUT2D eigenvalue weighted by Crippen LogP contribution is 2.32. The van der Waals surface area contributed by atoms with Crippen molar-refractivity contribution in [2.45, 2.75) is 18.4 Å². The second-order valence-electron chi connectivity index (χ2n) is 3.66. The molecule has 2 rings (SSSR count). The molecule has 0 bridgehead atoms. The number of nitrogens with one attached hydrogen (secondary N) is 1. The van der Waals surface area contributed by atoms with Crippen LogP contribution in [0, 0.1) is 0 Å². The van der Waals surface area contributed by atoms with Crippen LogP contribution in [-0.4, -0.2) is 24.3 Å². The molecule has 1 aliphatic heterocycles. The molecule has 2 atom stereocenters. The largest absolute Gasteiger partial charge is 0.395 e. The summed E-state index contributed by atoms with van der Waals surface area (Å²) < 4.78 is 1.15. The number of halogens is 1. The van der Waals surface area contributed by atoms with E-state index in [1.54, 1.807) is 0 Å². The molecule has 0 aliphatic carbocycles. The third-order valence-corrected chi connectivity index (χ3v) is 3.57. The zero-order valence-electron chi connectivity index (χ0n) is 7.91. The molecule has 1 fully saturated rings. The Hall–Kier alpha value is -0.380. The van der Waals surface area contributed by atoms with Gasteiger partial charge < -0.3 is 10.4 Å². The normalized spacial score (nSPS) is 26.7. The van der Waals surface area contributed by atoms with Crippen molar-refractivity contribution in [2.75, 3.05) is 13.2 Å². The number of benzene rings is 1. The van der Waals surface area contributed by atoms with E-state index < -0.39 is 0 Å². The summed E-state index contributed by atoms with van der Waals surface area (Å²) in [5.74, 6) is 0.440. The van der Waals surface area contributed by atoms with Crippen LogP contribution >= 0.6 is 15.9 Å². The number of aliphatic hydroxyl groups is 1. The van der Waals surface area contributed by atoms with Crippen LogP contribution < -0.4 is 5.32 Å². The van der Waals surface area contributed by atoms with Gasteiger partial charge in [-0.3, -0.25) is 0 Å². The lowest BCUT2D eigenvalue weighted by Crippen LogP contribution is -2.29. The fraction of sp³-hybridized carbons (Fsp3) is 0.455. The molecule has 0 aromatic heterocycles. The topological polar surface area (TPSA) is 32.3 Å². The van der Waals surface area contributed by atoms with E-state index in [0.29, 0.717) is 5.92 Å². The van der Waals surface area contributed by atoms with E-state index in [2.05, 4.69) is 33.4 Å². The molecular weight excluding hydrogens is 242 g/mol. The molecule has 14 heavy (non-hydrogen) atoms. The fourth-order valence-electron chi connectivity index (χ4n) is 2.11. The lowest BCUT2D eigenvalue weighted by atomic mass is 9.92. The lowest BCUT2D eigenvalue weighted by molar-refractivity contribution is 0.245. The van der Waals surface area contributed by atoms with Crippen LogP contribution in [0.2, 0.25) is 0 Å². The molecule has 0 unspecified atom stereocenters. The van der Waals surface area contributed by atoms with E-state index in [0.717, 1.165) is 17.4 Å². The third kappa shape index (κ3) is 1.85. The maximum Gasteiger partial charge on any atom is 0.0590 e. The molecule has 0 saturated carbocycles. The Morgan fingerprint density at radius 2 is 2.21 bits per heavy atom. The monoisotopic (exact) mass is 255 g/mol. The first-order chi connectivity index (χ1) is 6.83. The summed E-state index contributed by atoms with van der Waals surface area (Å²) >= 11 is 3.55. The first-order valence-corrected chi connectivity index (χ1v) is 5.71. The predicted octanol–water partition coefficient (Wildman–Crippen LogP) is 1.89. The average molecular weight is 256 g/mol. The molecular formula is C11H14BrNO. The van der Waals surface area contributed by atoms with E-state index in [1.165, 1.54) is 5.56 Å². The van der Waals surface area contributed by atoms with Crippen LogP contribution in [0.5, 0.6) is 0 Å². The van der Waals surface area contributed by atoms with Gasteiger partial charge in [0.25, 0.3) is 0 Å². The van der Waals surface area contributed by atoms with Gasteiger partial charge in [-0.25, -0.2) is 0 Å². The van der Waals surface area contributed by atoms with E-state index in [1.807, 2.05) is 12.1 Å². The first-order valence-electron chi connectivity index (χ1n) is 4.91. The van der Waals surface area contributed by atoms with E-state index in [9.17, 15) is 5.11 Å². The van der Waals surface area contributed by atoms with Gasteiger partial charge in [-0.2, -0.15) is 0 Å². The smallest absolute Gasteiger partial charge is 0.0590 e. The predicted molar refractivity (Wildman–Crippen MR) is 60.4 cm³/mol. The molecule has 1 aromatic carbocycles. The first kappa shape index (κ1) is 10.1. The summed E-state index contributed by atoms with van der Waals surface area (Å²) in [6.45, 7) is 1.21. The summed E-state index contributed by atoms with van der Waals surface area (Å²) in [6.07, 6.45) is 1.10. The zero-order valence-corrected chi connectivity index (χ0v) is 9.50. The van der Waals surface area contributed by atoms with Crippen molar-refractivity contribution in [3.63, 3.8) is 0 Å². The van der Waals surface area contributed by atoms with Crippen LogP contribution in [0.1, 0.15) is 17.9 Å². The third-order valence-electron chi connectivity index (χ3n) is 2.85. The summed E-state index contributed by atoms with van der Waals surface area (Å²) in [7, 11) is 0. The number of rotatable bonds is 2. The van der Waals surface area contributed by atoms with Crippen LogP contribution in [0.15, 0.2) is 28.7 Å². The summed E-state index contributed by atoms with van der Waals surface area (Å²) in [5.41, 5.74) is 1.30. The van der Waals surface area contributed by atoms with Gasteiger partial charge in [0, 0.05) is 16.4 Å². The fourth-order valence-corrected chi connectivity index (χ4v) is 2.69. The maximum absolute atomic E-state index is 9.21. The van der Waals surface area contributed by atoms with Gasteiger partial charge in [-0.1, -0.05) is 34.1 Å². The Bertz CT molecular complexity index is 316. The highest BCUT2D eigenvalue weighted by molar-refractivity contribution is 9.10. The van der Waals surface area contributed by atoms with Gasteiger partial charge in [0.15, 0.2) is 0 Å². The minimum atomic E-state index is 0.214. The van der Waals surface area contributed by atoms with E-state index in [4.69, 9.17) is 0 Å². The van der Waals surface area contributed by atoms with Gasteiger partial charge in [-0.15, -0.1) is 0 Å². The minimum absolute atomic E-state index is 0.214. The van der Waals surface area contributed by atoms with Crippen molar-refractivity contribution in [2.24, 2.45) is 0 Å². The molecule has 2 N–H and O–H groups in total. The molecule has 1 saturated heterocycles. The molecule has 0 amide bonds. The van der Waals surface area contributed by atoms with E-state index >= 15 is 0 Å². The number of aliphatic hydroxyl groups excluding tert-OH is 1. The summed E-state index contributed by atoms with van der Waals surface area (Å²) in [4.78, 5) is 0. The average Bonchev–Trinajstić information content (AvgIpc) is 2.66. The Labute approximate surface area is 92.5 Å². The van der Waals surface area contributed by atoms with Gasteiger partial charge in [0.1, 0.15) is 0 Å². The molecule has 76 valence electrons. The van der Waals surface area contributed by atoms with Crippen LogP contribution in [0.4, 0.5) is 0 Å². The maximum atomic E-state index is 9.21. The van der Waals surface area contributed by atoms with Crippen molar-refractivity contribution < 1.29 is 5.11 Å². The van der Waals surface area contributed by atoms with Crippen molar-refractivity contribution in [3.8, 4) is 0 Å². The molecule has 2 nitrogen and oxygen atoms in total. The molecule has 1 aromatic rings. The minimum Gasteiger partial charge on any atom is -0.395 e. The Balaban J connectivity index is 2.26. The quantitative estimate of drug-likeness (QED) is 0.846. The SMILES string of the molecule is OC[C@H]1NCC[C@@H]1c1ccccc1Br. The van der Waals surface area contributed by atoms with Crippen LogP contribution in [-0.2, 0) is 0 Å². The molecule has 0 spiro atoms. The van der Waals surface area contributed by atoms with Crippen molar-refractivity contribution in [1.29, 1.82) is 0 Å². The summed E-state index contributed by atoms with van der Waals surface area (Å²) in [5, 5.41) is 12.5. The Kier molecular flexibility index (Phi) is 3.21. The molecule has 0 radical (unpaired) electrons. The van der Waals surface area contributed by atoms with Crippen LogP contribution in [0.25, 0.3) is 0 Å². The molecule has 1 heterocycles. The Morgan fingerprint density at radius 1 is 1.43 bits per heavy atom. The highest BCUT2D eigenvalue weighted by Gasteiger charge is 2.28. The zero-order chi connectivity index (χ0) is 9.97. The van der Waals surface area contributed by atoms with Crippen molar-refractivity contribution >= 4 is 15.9 Å². The Morgan fingerprint density at radius 3 is 2.93 bits per heavy atom. The number of hydrogen-bond donors (Lipinski definition) is 2. The van der Waals surface area contributed by atoms with Gasteiger partial charge in [-0.05, 0) is 24.6 Å². The molecule has 1 aliphatic rings. The van der Waals surface area contributed by atoms with Gasteiger partial charge in [0.2, 0.25) is 0 Å². The number of hydrogen-bond acceptors (Lipinski definition) is 2. The highest BCUT2D eigenvalue weighted by atomic mass is 79.9. The second-order valence-corrected chi connectivity index (χ2v) is 4.51. The lowest BCUT2D eigenvalue weighted by Gasteiger charge is -2.18. The summed E-state index contributed by atoms with van der Waals surface area (Å²) in [6, 6.07) is 8.47. The van der Waals surface area contributed by atoms with Gasteiger partial charge in [0.05, 0.1) is 6.61 Å². The second kappa shape index (κ2) is 4.43. The van der Waals surface area contributed by atoms with E-state index in [-0.39, 0.29) is 12.6 Å². The van der Waals surface area contributed by atoms with Crippen molar-refractivity contribution in [1.82, 2.24) is 5.32 Å². The van der Waals surface area contributed by atoms with Gasteiger partial charge >= 0.3 is 0 Å². The van der Waals surface area contributed by atoms with Crippen LogP contribution in [0.3, 0.4) is 0 Å².